The fraction of sp³-hybridized carbons (Fsp3) is 0.378. The number of para-hydroxylation sites is 1. The highest BCUT2D eigenvalue weighted by molar-refractivity contribution is 6.10. The molecule has 10 nitrogen and oxygen atoms in total. The van der Waals surface area contributed by atoms with Gasteiger partial charge in [-0.15, -0.1) is 0 Å². The summed E-state index contributed by atoms with van der Waals surface area (Å²) in [6, 6.07) is 22.3. The minimum absolute atomic E-state index is 0.0206. The SMILES string of the molecule is COC(=O)C1=C(C(=O)OC)C(c2ccc([N+](=O)[O-])cc2)N(c2ccccc2)C1C(=O)O[C@@H]1C[C@H](C)CC[C@H]1C(C)(C)c1ccccc1. The smallest absolute Gasteiger partial charge is 0.337 e. The summed E-state index contributed by atoms with van der Waals surface area (Å²) in [6.07, 6.45) is 1.99. The highest BCUT2D eigenvalue weighted by Gasteiger charge is 2.53. The predicted molar refractivity (Wildman–Crippen MR) is 175 cm³/mol. The van der Waals surface area contributed by atoms with Crippen LogP contribution in [0.2, 0.25) is 0 Å². The van der Waals surface area contributed by atoms with E-state index in [9.17, 15) is 24.5 Å². The van der Waals surface area contributed by atoms with Crippen LogP contribution in [-0.2, 0) is 34.0 Å². The topological polar surface area (TPSA) is 125 Å². The summed E-state index contributed by atoms with van der Waals surface area (Å²) in [7, 11) is 2.37. The van der Waals surface area contributed by atoms with Crippen molar-refractivity contribution >= 4 is 29.3 Å². The van der Waals surface area contributed by atoms with E-state index < -0.39 is 41.0 Å². The van der Waals surface area contributed by atoms with Crippen LogP contribution in [0.5, 0.6) is 0 Å². The molecule has 5 atom stereocenters. The molecule has 0 bridgehead atoms. The molecule has 1 heterocycles. The van der Waals surface area contributed by atoms with Gasteiger partial charge in [0.1, 0.15) is 6.10 Å². The summed E-state index contributed by atoms with van der Waals surface area (Å²) in [6.45, 7) is 6.46. The van der Waals surface area contributed by atoms with Gasteiger partial charge in [0.05, 0.1) is 36.3 Å². The Labute approximate surface area is 274 Å². The van der Waals surface area contributed by atoms with Gasteiger partial charge in [-0.25, -0.2) is 14.4 Å². The van der Waals surface area contributed by atoms with E-state index in [1.165, 1.54) is 38.5 Å². The standard InChI is InChI=1S/C37H40N2O8/c1-23-16-21-28(37(2,3)25-12-8-6-9-13-25)29(22-23)47-36(42)33-31(35(41)46-5)30(34(40)45-4)32(38(33)26-14-10-7-11-15-26)24-17-19-27(20-18-24)39(43)44/h6-15,17-20,23,28-29,32-33H,16,21-22H2,1-5H3/t23-,28-,29-,32?,33?/m1/s1. The molecule has 0 spiro atoms. The summed E-state index contributed by atoms with van der Waals surface area (Å²) in [5.74, 6) is -2.13. The van der Waals surface area contributed by atoms with Gasteiger partial charge < -0.3 is 19.1 Å². The number of non-ortho nitro benzene ring substituents is 1. The number of hydrogen-bond donors (Lipinski definition) is 0. The monoisotopic (exact) mass is 640 g/mol. The molecule has 1 fully saturated rings. The van der Waals surface area contributed by atoms with Gasteiger partial charge in [-0.05, 0) is 59.6 Å². The first-order chi connectivity index (χ1) is 22.5. The minimum Gasteiger partial charge on any atom is -0.466 e. The van der Waals surface area contributed by atoms with E-state index in [0.29, 0.717) is 23.6 Å². The maximum Gasteiger partial charge on any atom is 0.337 e. The van der Waals surface area contributed by atoms with E-state index in [-0.39, 0.29) is 28.2 Å². The van der Waals surface area contributed by atoms with E-state index in [1.807, 2.05) is 24.3 Å². The third-order valence-corrected chi connectivity index (χ3v) is 9.67. The molecule has 5 rings (SSSR count). The molecule has 246 valence electrons. The molecule has 3 aromatic carbocycles. The number of anilines is 1. The van der Waals surface area contributed by atoms with E-state index in [0.717, 1.165) is 18.4 Å². The Hall–Kier alpha value is -4.99. The van der Waals surface area contributed by atoms with Crippen LogP contribution in [0.15, 0.2) is 96.1 Å². The number of ether oxygens (including phenoxy) is 3. The molecule has 3 aromatic rings. The molecule has 47 heavy (non-hydrogen) atoms. The predicted octanol–water partition coefficient (Wildman–Crippen LogP) is 6.49. The third-order valence-electron chi connectivity index (χ3n) is 9.67. The van der Waals surface area contributed by atoms with Crippen molar-refractivity contribution in [2.45, 2.75) is 63.6 Å². The molecule has 0 N–H and O–H groups in total. The Morgan fingerprint density at radius 2 is 1.40 bits per heavy atom. The fourth-order valence-corrected chi connectivity index (χ4v) is 7.20. The Kier molecular flexibility index (Phi) is 9.79. The third kappa shape index (κ3) is 6.50. The summed E-state index contributed by atoms with van der Waals surface area (Å²) in [5, 5.41) is 11.4. The number of carbonyl (C=O) groups is 3. The van der Waals surface area contributed by atoms with Crippen molar-refractivity contribution in [2.24, 2.45) is 11.8 Å². The van der Waals surface area contributed by atoms with Crippen molar-refractivity contribution in [3.8, 4) is 0 Å². The lowest BCUT2D eigenvalue weighted by Gasteiger charge is -2.44. The second-order valence-electron chi connectivity index (χ2n) is 12.8. The van der Waals surface area contributed by atoms with Crippen molar-refractivity contribution in [3.63, 3.8) is 0 Å². The van der Waals surface area contributed by atoms with Gasteiger partial charge >= 0.3 is 17.9 Å². The first-order valence-corrected chi connectivity index (χ1v) is 15.7. The zero-order valence-electron chi connectivity index (χ0n) is 27.3. The Morgan fingerprint density at radius 1 is 0.830 bits per heavy atom. The molecule has 2 unspecified atom stereocenters. The first kappa shape index (κ1) is 33.4. The Morgan fingerprint density at radius 3 is 1.98 bits per heavy atom. The number of methoxy groups -OCH3 is 2. The summed E-state index contributed by atoms with van der Waals surface area (Å²) < 4.78 is 16.8. The zero-order chi connectivity index (χ0) is 33.9. The molecule has 0 saturated heterocycles. The summed E-state index contributed by atoms with van der Waals surface area (Å²) in [4.78, 5) is 54.4. The Balaban J connectivity index is 1.64. The fourth-order valence-electron chi connectivity index (χ4n) is 7.20. The number of rotatable bonds is 9. The zero-order valence-corrected chi connectivity index (χ0v) is 27.3. The van der Waals surface area contributed by atoms with Crippen molar-refractivity contribution in [1.82, 2.24) is 0 Å². The van der Waals surface area contributed by atoms with E-state index in [4.69, 9.17) is 14.2 Å². The number of carbonyl (C=O) groups excluding carboxylic acids is 3. The van der Waals surface area contributed by atoms with Crippen molar-refractivity contribution < 1.29 is 33.5 Å². The second kappa shape index (κ2) is 13.8. The van der Waals surface area contributed by atoms with Crippen LogP contribution in [0.25, 0.3) is 0 Å². The number of nitro benzene ring substituents is 1. The van der Waals surface area contributed by atoms with Crippen LogP contribution in [0.1, 0.15) is 57.2 Å². The van der Waals surface area contributed by atoms with Gasteiger partial charge in [0.2, 0.25) is 0 Å². The van der Waals surface area contributed by atoms with Crippen LogP contribution < -0.4 is 4.90 Å². The van der Waals surface area contributed by atoms with Crippen molar-refractivity contribution in [1.29, 1.82) is 0 Å². The summed E-state index contributed by atoms with van der Waals surface area (Å²) in [5.41, 5.74) is 1.32. The van der Waals surface area contributed by atoms with Gasteiger partial charge in [-0.3, -0.25) is 10.1 Å². The van der Waals surface area contributed by atoms with Crippen molar-refractivity contribution in [3.05, 3.63) is 117 Å². The first-order valence-electron chi connectivity index (χ1n) is 15.7. The average Bonchev–Trinajstić information content (AvgIpc) is 3.44. The molecule has 1 saturated carbocycles. The van der Waals surface area contributed by atoms with Crippen LogP contribution in [0.4, 0.5) is 11.4 Å². The number of benzene rings is 3. The second-order valence-corrected chi connectivity index (χ2v) is 12.8. The van der Waals surface area contributed by atoms with Gasteiger partial charge in [0, 0.05) is 23.7 Å². The quantitative estimate of drug-likeness (QED) is 0.112. The lowest BCUT2D eigenvalue weighted by Crippen LogP contribution is -2.48. The molecule has 1 aliphatic heterocycles. The number of nitrogens with zero attached hydrogens (tertiary/aromatic N) is 2. The van der Waals surface area contributed by atoms with Gasteiger partial charge in [-0.2, -0.15) is 0 Å². The summed E-state index contributed by atoms with van der Waals surface area (Å²) >= 11 is 0. The van der Waals surface area contributed by atoms with E-state index in [1.54, 1.807) is 29.2 Å². The molecule has 10 heteroatoms. The lowest BCUT2D eigenvalue weighted by molar-refractivity contribution is -0.384. The van der Waals surface area contributed by atoms with Gasteiger partial charge in [0.15, 0.2) is 6.04 Å². The van der Waals surface area contributed by atoms with Gasteiger partial charge in [0.25, 0.3) is 5.69 Å². The molecular formula is C37H40N2O8. The number of nitro groups is 1. The molecule has 0 aromatic heterocycles. The van der Waals surface area contributed by atoms with E-state index in [2.05, 4.69) is 32.9 Å². The van der Waals surface area contributed by atoms with Gasteiger partial charge in [-0.1, -0.05) is 75.7 Å². The van der Waals surface area contributed by atoms with Crippen LogP contribution in [0.3, 0.4) is 0 Å². The molecule has 1 aliphatic carbocycles. The van der Waals surface area contributed by atoms with Crippen LogP contribution >= 0.6 is 0 Å². The highest BCUT2D eigenvalue weighted by atomic mass is 16.6. The molecule has 2 aliphatic rings. The minimum atomic E-state index is -1.38. The lowest BCUT2D eigenvalue weighted by atomic mass is 9.64. The maximum atomic E-state index is 14.7. The average molecular weight is 641 g/mol. The highest BCUT2D eigenvalue weighted by Crippen LogP contribution is 2.48. The van der Waals surface area contributed by atoms with E-state index >= 15 is 0 Å². The van der Waals surface area contributed by atoms with Crippen LogP contribution in [0, 0.1) is 22.0 Å². The Bertz CT molecular complexity index is 1650. The maximum absolute atomic E-state index is 14.7. The molecule has 0 amide bonds. The molecule has 0 radical (unpaired) electrons. The number of esters is 3. The molecular weight excluding hydrogens is 600 g/mol. The number of hydrogen-bond acceptors (Lipinski definition) is 9. The van der Waals surface area contributed by atoms with Crippen molar-refractivity contribution in [2.75, 3.05) is 19.1 Å². The largest absolute Gasteiger partial charge is 0.466 e. The van der Waals surface area contributed by atoms with Crippen LogP contribution in [-0.4, -0.2) is 49.2 Å². The normalized spacial score (nSPS) is 22.8.